The zero-order valence-corrected chi connectivity index (χ0v) is 20.6. The molecule has 36 heavy (non-hydrogen) atoms. The van der Waals surface area contributed by atoms with Gasteiger partial charge in [0.05, 0.1) is 39.8 Å². The molecule has 1 aliphatic rings. The van der Waals surface area contributed by atoms with Crippen LogP contribution in [-0.2, 0) is 14.6 Å². The normalized spacial score (nSPS) is 14.1. The quantitative estimate of drug-likeness (QED) is 0.409. The van der Waals surface area contributed by atoms with Crippen LogP contribution < -0.4 is 16.0 Å². The Labute approximate surface area is 209 Å². The summed E-state index contributed by atoms with van der Waals surface area (Å²) in [7, 11) is -3.78. The molecule has 0 unspecified atom stereocenters. The number of aromatic nitrogens is 1. The van der Waals surface area contributed by atoms with E-state index in [1.54, 1.807) is 49.4 Å². The van der Waals surface area contributed by atoms with Crippen molar-refractivity contribution < 1.29 is 17.9 Å². The van der Waals surface area contributed by atoms with Crippen LogP contribution in [0.25, 0.3) is 10.9 Å². The smallest absolute Gasteiger partial charge is 0.252 e. The fourth-order valence-corrected chi connectivity index (χ4v) is 5.77. The van der Waals surface area contributed by atoms with Crippen LogP contribution in [-0.4, -0.2) is 45.6 Å². The van der Waals surface area contributed by atoms with E-state index < -0.39 is 15.7 Å². The van der Waals surface area contributed by atoms with Crippen molar-refractivity contribution in [2.24, 2.45) is 5.73 Å². The summed E-state index contributed by atoms with van der Waals surface area (Å²) in [6.07, 6.45) is 1.42. The van der Waals surface area contributed by atoms with Gasteiger partial charge in [-0.1, -0.05) is 18.2 Å². The van der Waals surface area contributed by atoms with Crippen molar-refractivity contribution in [3.05, 3.63) is 84.1 Å². The molecule has 2 heterocycles. The Hall–Kier alpha value is -3.95. The SMILES string of the molecule is Cc1cc(S(=O)(=O)c2ccccc2)cc2c(Nc3ccc(N4CCOCC4)cc3)c(C(N)=O)cnc12. The number of nitrogens with one attached hydrogen (secondary N) is 1. The molecule has 0 radical (unpaired) electrons. The number of carbonyl (C=O) groups excluding carboxylic acids is 1. The van der Waals surface area contributed by atoms with Crippen molar-refractivity contribution >= 4 is 43.7 Å². The number of nitrogens with zero attached hydrogens (tertiary/aromatic N) is 2. The fourth-order valence-electron chi connectivity index (χ4n) is 4.38. The number of hydrogen-bond acceptors (Lipinski definition) is 7. The van der Waals surface area contributed by atoms with Crippen LogP contribution >= 0.6 is 0 Å². The number of aryl methyl sites for hydroxylation is 1. The summed E-state index contributed by atoms with van der Waals surface area (Å²) in [5, 5.41) is 3.79. The van der Waals surface area contributed by atoms with E-state index in [0.717, 1.165) is 24.5 Å². The number of primary amides is 1. The number of amides is 1. The van der Waals surface area contributed by atoms with Crippen molar-refractivity contribution in [2.45, 2.75) is 16.7 Å². The number of hydrogen-bond donors (Lipinski definition) is 2. The summed E-state index contributed by atoms with van der Waals surface area (Å²) >= 11 is 0. The van der Waals surface area contributed by atoms with Crippen LogP contribution in [0.15, 0.2) is 82.7 Å². The number of rotatable bonds is 6. The van der Waals surface area contributed by atoms with Gasteiger partial charge in [-0.2, -0.15) is 0 Å². The van der Waals surface area contributed by atoms with Gasteiger partial charge >= 0.3 is 0 Å². The molecule has 0 bridgehead atoms. The molecule has 0 spiro atoms. The van der Waals surface area contributed by atoms with Gasteiger partial charge < -0.3 is 20.7 Å². The Bertz CT molecular complexity index is 1530. The lowest BCUT2D eigenvalue weighted by Crippen LogP contribution is -2.36. The number of sulfone groups is 1. The summed E-state index contributed by atoms with van der Waals surface area (Å²) in [4.78, 5) is 19.3. The number of nitrogens with two attached hydrogens (primary N) is 1. The zero-order chi connectivity index (χ0) is 25.3. The largest absolute Gasteiger partial charge is 0.378 e. The fraction of sp³-hybridized carbons (Fsp3) is 0.185. The summed E-state index contributed by atoms with van der Waals surface area (Å²) in [5.41, 5.74) is 9.33. The monoisotopic (exact) mass is 502 g/mol. The first-order chi connectivity index (χ1) is 17.3. The Morgan fingerprint density at radius 2 is 1.69 bits per heavy atom. The van der Waals surface area contributed by atoms with E-state index in [9.17, 15) is 13.2 Å². The first-order valence-electron chi connectivity index (χ1n) is 11.6. The maximum Gasteiger partial charge on any atom is 0.252 e. The number of fused-ring (bicyclic) bond motifs is 1. The van der Waals surface area contributed by atoms with Gasteiger partial charge in [-0.05, 0) is 61.0 Å². The van der Waals surface area contributed by atoms with E-state index in [0.29, 0.717) is 35.4 Å². The molecule has 1 saturated heterocycles. The number of benzene rings is 3. The predicted octanol–water partition coefficient (Wildman–Crippen LogP) is 4.06. The second-order valence-corrected chi connectivity index (χ2v) is 10.6. The third-order valence-corrected chi connectivity index (χ3v) is 8.03. The van der Waals surface area contributed by atoms with Crippen molar-refractivity contribution in [1.82, 2.24) is 4.98 Å². The molecule has 0 aliphatic carbocycles. The van der Waals surface area contributed by atoms with Gasteiger partial charge in [-0.3, -0.25) is 9.78 Å². The molecule has 5 rings (SSSR count). The standard InChI is InChI=1S/C27H26N4O4S/c1-18-15-22(36(33,34)21-5-3-2-4-6-21)16-23-25(18)29-17-24(27(28)32)26(23)30-19-7-9-20(10-8-19)31-11-13-35-14-12-31/h2-10,15-17H,11-14H2,1H3,(H2,28,32)(H,29,30). The van der Waals surface area contributed by atoms with Crippen LogP contribution in [0, 0.1) is 6.92 Å². The Balaban J connectivity index is 1.60. The van der Waals surface area contributed by atoms with Crippen LogP contribution in [0.5, 0.6) is 0 Å². The number of anilines is 3. The van der Waals surface area contributed by atoms with Gasteiger partial charge in [0.25, 0.3) is 5.91 Å². The molecule has 0 saturated carbocycles. The first kappa shape index (κ1) is 23.8. The summed E-state index contributed by atoms with van der Waals surface area (Å²) in [6, 6.07) is 19.2. The number of ether oxygens (including phenoxy) is 1. The van der Waals surface area contributed by atoms with Crippen molar-refractivity contribution in [2.75, 3.05) is 36.5 Å². The summed E-state index contributed by atoms with van der Waals surface area (Å²) < 4.78 is 32.1. The highest BCUT2D eigenvalue weighted by atomic mass is 32.2. The van der Waals surface area contributed by atoms with Gasteiger partial charge in [0, 0.05) is 36.0 Å². The molecule has 3 aromatic carbocycles. The lowest BCUT2D eigenvalue weighted by atomic mass is 10.1. The highest BCUT2D eigenvalue weighted by molar-refractivity contribution is 7.91. The van der Waals surface area contributed by atoms with E-state index in [1.165, 1.54) is 6.20 Å². The van der Waals surface area contributed by atoms with Crippen LogP contribution in [0.3, 0.4) is 0 Å². The average Bonchev–Trinajstić information content (AvgIpc) is 2.90. The van der Waals surface area contributed by atoms with E-state index in [1.807, 2.05) is 24.3 Å². The highest BCUT2D eigenvalue weighted by Crippen LogP contribution is 2.34. The number of carbonyl (C=O) groups is 1. The molecular formula is C27H26N4O4S. The zero-order valence-electron chi connectivity index (χ0n) is 19.8. The van der Waals surface area contributed by atoms with E-state index in [2.05, 4.69) is 15.2 Å². The molecule has 1 fully saturated rings. The molecule has 4 aromatic rings. The second-order valence-electron chi connectivity index (χ2n) is 8.64. The lowest BCUT2D eigenvalue weighted by molar-refractivity contribution is 0.100. The summed E-state index contributed by atoms with van der Waals surface area (Å²) in [6.45, 7) is 4.83. The van der Waals surface area contributed by atoms with Crippen LogP contribution in [0.1, 0.15) is 15.9 Å². The number of morpholine rings is 1. The molecule has 1 aromatic heterocycles. The minimum absolute atomic E-state index is 0.118. The third kappa shape index (κ3) is 4.50. The van der Waals surface area contributed by atoms with Gasteiger partial charge in [0.1, 0.15) is 0 Å². The average molecular weight is 503 g/mol. The molecular weight excluding hydrogens is 476 g/mol. The highest BCUT2D eigenvalue weighted by Gasteiger charge is 2.22. The maximum absolute atomic E-state index is 13.4. The number of pyridine rings is 1. The minimum Gasteiger partial charge on any atom is -0.378 e. The molecule has 1 amide bonds. The lowest BCUT2D eigenvalue weighted by Gasteiger charge is -2.29. The minimum atomic E-state index is -3.78. The molecule has 8 nitrogen and oxygen atoms in total. The van der Waals surface area contributed by atoms with Crippen LogP contribution in [0.4, 0.5) is 17.1 Å². The van der Waals surface area contributed by atoms with Crippen LogP contribution in [0.2, 0.25) is 0 Å². The van der Waals surface area contributed by atoms with Gasteiger partial charge in [-0.15, -0.1) is 0 Å². The van der Waals surface area contributed by atoms with Crippen molar-refractivity contribution in [1.29, 1.82) is 0 Å². The maximum atomic E-state index is 13.4. The Kier molecular flexibility index (Phi) is 6.34. The van der Waals surface area contributed by atoms with E-state index >= 15 is 0 Å². The molecule has 184 valence electrons. The van der Waals surface area contributed by atoms with Gasteiger partial charge in [0.2, 0.25) is 9.84 Å². The van der Waals surface area contributed by atoms with Gasteiger partial charge in [0.15, 0.2) is 0 Å². The molecule has 9 heteroatoms. The molecule has 3 N–H and O–H groups in total. The molecule has 1 aliphatic heterocycles. The summed E-state index contributed by atoms with van der Waals surface area (Å²) in [5.74, 6) is -0.661. The van der Waals surface area contributed by atoms with Crippen molar-refractivity contribution in [3.8, 4) is 0 Å². The molecule has 0 atom stereocenters. The third-order valence-electron chi connectivity index (χ3n) is 6.28. The Morgan fingerprint density at radius 3 is 2.36 bits per heavy atom. The second kappa shape index (κ2) is 9.60. The predicted molar refractivity (Wildman–Crippen MR) is 140 cm³/mol. The Morgan fingerprint density at radius 1 is 1.00 bits per heavy atom. The van der Waals surface area contributed by atoms with Crippen molar-refractivity contribution in [3.63, 3.8) is 0 Å². The topological polar surface area (TPSA) is 115 Å². The van der Waals surface area contributed by atoms with E-state index in [-0.39, 0.29) is 15.4 Å². The van der Waals surface area contributed by atoms with E-state index in [4.69, 9.17) is 10.5 Å². The first-order valence-corrected chi connectivity index (χ1v) is 13.1. The van der Waals surface area contributed by atoms with Gasteiger partial charge in [-0.25, -0.2) is 8.42 Å².